The van der Waals surface area contributed by atoms with Crippen molar-refractivity contribution >= 4 is 18.0 Å². The van der Waals surface area contributed by atoms with E-state index in [-0.39, 0.29) is 38.0 Å². The largest absolute Gasteiger partial charge is 0.480 e. The lowest BCUT2D eigenvalue weighted by molar-refractivity contribution is -0.145. The summed E-state index contributed by atoms with van der Waals surface area (Å²) in [5.74, 6) is -1.51. The number of carboxylic acids is 1. The standard InChI is InChI=1S/C25H30N2O6/c1-3-17(14-23(28)27(12-13-32-2)15-24(29)30)26-25(31)33-16-22-20-10-6-4-8-18(20)19-9-5-7-11-21(19)22/h4-11,17,22H,3,12-16H2,1-2H3,(H,26,31)(H,29,30)/t17-/m0/s1. The van der Waals surface area contributed by atoms with Crippen LogP contribution in [0, 0.1) is 0 Å². The van der Waals surface area contributed by atoms with Gasteiger partial charge in [0.05, 0.1) is 6.61 Å². The van der Waals surface area contributed by atoms with Gasteiger partial charge in [0.15, 0.2) is 0 Å². The highest BCUT2D eigenvalue weighted by molar-refractivity contribution is 5.82. The number of methoxy groups -OCH3 is 1. The average molecular weight is 455 g/mol. The van der Waals surface area contributed by atoms with Crippen molar-refractivity contribution in [2.45, 2.75) is 31.7 Å². The van der Waals surface area contributed by atoms with Crippen LogP contribution in [0.5, 0.6) is 0 Å². The lowest BCUT2D eigenvalue weighted by Gasteiger charge is -2.24. The van der Waals surface area contributed by atoms with Crippen LogP contribution in [0.3, 0.4) is 0 Å². The molecule has 176 valence electrons. The van der Waals surface area contributed by atoms with E-state index >= 15 is 0 Å². The van der Waals surface area contributed by atoms with Crippen molar-refractivity contribution in [3.63, 3.8) is 0 Å². The first-order chi connectivity index (χ1) is 15.9. The number of amides is 2. The van der Waals surface area contributed by atoms with Crippen molar-refractivity contribution in [2.24, 2.45) is 0 Å². The quantitative estimate of drug-likeness (QED) is 0.540. The molecule has 0 heterocycles. The fraction of sp³-hybridized carbons (Fsp3) is 0.400. The number of ether oxygens (including phenoxy) is 2. The highest BCUT2D eigenvalue weighted by Crippen LogP contribution is 2.44. The number of carbonyl (C=O) groups is 3. The van der Waals surface area contributed by atoms with Gasteiger partial charge in [0.25, 0.3) is 0 Å². The summed E-state index contributed by atoms with van der Waals surface area (Å²) in [5, 5.41) is 11.8. The number of nitrogens with one attached hydrogen (secondary N) is 1. The van der Waals surface area contributed by atoms with Gasteiger partial charge < -0.3 is 24.8 Å². The van der Waals surface area contributed by atoms with Gasteiger partial charge in [0, 0.05) is 32.0 Å². The summed E-state index contributed by atoms with van der Waals surface area (Å²) in [6, 6.07) is 15.7. The molecule has 0 saturated heterocycles. The number of carbonyl (C=O) groups excluding carboxylic acids is 2. The number of hydrogen-bond donors (Lipinski definition) is 2. The summed E-state index contributed by atoms with van der Waals surface area (Å²) in [6.07, 6.45) is -0.114. The number of nitrogens with zero attached hydrogens (tertiary/aromatic N) is 1. The molecule has 0 radical (unpaired) electrons. The number of aliphatic carboxylic acids is 1. The molecule has 1 aliphatic carbocycles. The van der Waals surface area contributed by atoms with Crippen LogP contribution < -0.4 is 5.32 Å². The smallest absolute Gasteiger partial charge is 0.407 e. The Morgan fingerprint density at radius 2 is 1.67 bits per heavy atom. The second-order valence-electron chi connectivity index (χ2n) is 7.98. The normalized spacial score (nSPS) is 13.0. The predicted molar refractivity (Wildman–Crippen MR) is 123 cm³/mol. The first kappa shape index (κ1) is 24.3. The zero-order valence-electron chi connectivity index (χ0n) is 19.0. The topological polar surface area (TPSA) is 105 Å². The van der Waals surface area contributed by atoms with Crippen LogP contribution >= 0.6 is 0 Å². The third-order valence-electron chi connectivity index (χ3n) is 5.82. The Balaban J connectivity index is 1.58. The minimum atomic E-state index is -1.10. The Hall–Kier alpha value is -3.39. The molecule has 33 heavy (non-hydrogen) atoms. The molecule has 2 aromatic rings. The minimum absolute atomic E-state index is 0.0162. The van der Waals surface area contributed by atoms with Crippen LogP contribution in [0.4, 0.5) is 4.79 Å². The van der Waals surface area contributed by atoms with Crippen LogP contribution in [0.1, 0.15) is 36.8 Å². The average Bonchev–Trinajstić information content (AvgIpc) is 3.13. The molecule has 1 aliphatic rings. The predicted octanol–water partition coefficient (Wildman–Crippen LogP) is 3.25. The summed E-state index contributed by atoms with van der Waals surface area (Å²) in [7, 11) is 1.48. The maximum Gasteiger partial charge on any atom is 0.407 e. The fourth-order valence-corrected chi connectivity index (χ4v) is 4.10. The summed E-state index contributed by atoms with van der Waals surface area (Å²) in [4.78, 5) is 37.4. The number of alkyl carbamates (subject to hydrolysis) is 1. The van der Waals surface area contributed by atoms with Crippen molar-refractivity contribution in [1.29, 1.82) is 0 Å². The van der Waals surface area contributed by atoms with Gasteiger partial charge in [-0.25, -0.2) is 4.79 Å². The molecule has 2 amide bonds. The zero-order chi connectivity index (χ0) is 23.8. The van der Waals surface area contributed by atoms with Gasteiger partial charge in [-0.2, -0.15) is 0 Å². The second kappa shape index (κ2) is 11.5. The van der Waals surface area contributed by atoms with Crippen LogP contribution in [0.25, 0.3) is 11.1 Å². The van der Waals surface area contributed by atoms with E-state index in [1.165, 1.54) is 12.0 Å². The molecule has 0 saturated carbocycles. The third kappa shape index (κ3) is 6.10. The van der Waals surface area contributed by atoms with Gasteiger partial charge in [-0.15, -0.1) is 0 Å². The number of carboxylic acid groups (broad SMARTS) is 1. The van der Waals surface area contributed by atoms with Crippen LogP contribution in [-0.4, -0.2) is 67.4 Å². The number of fused-ring (bicyclic) bond motifs is 3. The maximum absolute atomic E-state index is 12.6. The molecular formula is C25H30N2O6. The molecular weight excluding hydrogens is 424 g/mol. The van der Waals surface area contributed by atoms with Crippen molar-refractivity contribution in [1.82, 2.24) is 10.2 Å². The number of hydrogen-bond acceptors (Lipinski definition) is 5. The molecule has 1 atom stereocenters. The van der Waals surface area contributed by atoms with Gasteiger partial charge in [-0.3, -0.25) is 9.59 Å². The van der Waals surface area contributed by atoms with E-state index in [4.69, 9.17) is 14.6 Å². The molecule has 0 fully saturated rings. The number of rotatable bonds is 11. The van der Waals surface area contributed by atoms with Gasteiger partial charge in [-0.05, 0) is 28.7 Å². The Kier molecular flexibility index (Phi) is 8.43. The summed E-state index contributed by atoms with van der Waals surface area (Å²) in [6.45, 7) is 2.02. The number of benzene rings is 2. The maximum atomic E-state index is 12.6. The molecule has 8 nitrogen and oxygen atoms in total. The molecule has 0 unspecified atom stereocenters. The monoisotopic (exact) mass is 454 g/mol. The molecule has 2 N–H and O–H groups in total. The first-order valence-corrected chi connectivity index (χ1v) is 11.0. The third-order valence-corrected chi connectivity index (χ3v) is 5.82. The van der Waals surface area contributed by atoms with Crippen LogP contribution in [0.2, 0.25) is 0 Å². The van der Waals surface area contributed by atoms with Gasteiger partial charge >= 0.3 is 12.1 Å². The van der Waals surface area contributed by atoms with Crippen LogP contribution in [0.15, 0.2) is 48.5 Å². The highest BCUT2D eigenvalue weighted by atomic mass is 16.5. The minimum Gasteiger partial charge on any atom is -0.480 e. The van der Waals surface area contributed by atoms with Crippen molar-refractivity contribution in [2.75, 3.05) is 33.4 Å². The van der Waals surface area contributed by atoms with E-state index in [9.17, 15) is 14.4 Å². The molecule has 0 bridgehead atoms. The SMILES string of the molecule is CC[C@@H](CC(=O)N(CCOC)CC(=O)O)NC(=O)OCC1c2ccccc2-c2ccccc21. The Labute approximate surface area is 193 Å². The van der Waals surface area contributed by atoms with E-state index in [1.54, 1.807) is 0 Å². The molecule has 3 rings (SSSR count). The Morgan fingerprint density at radius 1 is 1.06 bits per heavy atom. The zero-order valence-corrected chi connectivity index (χ0v) is 19.0. The molecule has 2 aromatic carbocycles. The molecule has 0 aromatic heterocycles. The fourth-order valence-electron chi connectivity index (χ4n) is 4.10. The van der Waals surface area contributed by atoms with E-state index in [2.05, 4.69) is 17.4 Å². The van der Waals surface area contributed by atoms with E-state index < -0.39 is 24.6 Å². The van der Waals surface area contributed by atoms with Crippen molar-refractivity contribution < 1.29 is 29.0 Å². The van der Waals surface area contributed by atoms with Gasteiger partial charge in [0.1, 0.15) is 13.2 Å². The Bertz CT molecular complexity index is 947. The molecule has 0 spiro atoms. The summed E-state index contributed by atoms with van der Waals surface area (Å²) < 4.78 is 10.5. The van der Waals surface area contributed by atoms with E-state index in [1.807, 2.05) is 43.3 Å². The van der Waals surface area contributed by atoms with Gasteiger partial charge in [-0.1, -0.05) is 55.5 Å². The van der Waals surface area contributed by atoms with Crippen molar-refractivity contribution in [3.05, 3.63) is 59.7 Å². The summed E-state index contributed by atoms with van der Waals surface area (Å²) in [5.41, 5.74) is 4.54. The highest BCUT2D eigenvalue weighted by Gasteiger charge is 2.29. The van der Waals surface area contributed by atoms with E-state index in [0.29, 0.717) is 6.42 Å². The lowest BCUT2D eigenvalue weighted by Crippen LogP contribution is -2.43. The first-order valence-electron chi connectivity index (χ1n) is 11.0. The Morgan fingerprint density at radius 3 is 2.21 bits per heavy atom. The second-order valence-corrected chi connectivity index (χ2v) is 7.98. The molecule has 0 aliphatic heterocycles. The van der Waals surface area contributed by atoms with Crippen molar-refractivity contribution in [3.8, 4) is 11.1 Å². The van der Waals surface area contributed by atoms with Crippen LogP contribution in [-0.2, 0) is 19.1 Å². The summed E-state index contributed by atoms with van der Waals surface area (Å²) >= 11 is 0. The van der Waals surface area contributed by atoms with Gasteiger partial charge in [0.2, 0.25) is 5.91 Å². The molecule has 8 heteroatoms. The lowest BCUT2D eigenvalue weighted by atomic mass is 9.98. The van der Waals surface area contributed by atoms with E-state index in [0.717, 1.165) is 22.3 Å².